The lowest BCUT2D eigenvalue weighted by Gasteiger charge is -2.10. The molecule has 118 valence electrons. The van der Waals surface area contributed by atoms with Gasteiger partial charge < -0.3 is 9.47 Å². The molecule has 1 amide bonds. The number of thiocarbonyl (C=S) groups is 1. The molecule has 0 N–H and O–H groups in total. The molecule has 5 nitrogen and oxygen atoms in total. The Kier molecular flexibility index (Phi) is 5.79. The van der Waals surface area contributed by atoms with Crippen molar-refractivity contribution in [1.82, 2.24) is 4.90 Å². The highest BCUT2D eigenvalue weighted by Crippen LogP contribution is 2.34. The van der Waals surface area contributed by atoms with Crippen molar-refractivity contribution < 1.29 is 14.3 Å². The Hall–Kier alpha value is -2.30. The van der Waals surface area contributed by atoms with Crippen LogP contribution in [0.15, 0.2) is 35.8 Å². The molecule has 1 saturated heterocycles. The Labute approximate surface area is 144 Å². The van der Waals surface area contributed by atoms with E-state index in [1.807, 2.05) is 6.07 Å². The maximum Gasteiger partial charge on any atom is 0.266 e. The molecule has 1 fully saturated rings. The van der Waals surface area contributed by atoms with Gasteiger partial charge in [-0.3, -0.25) is 9.69 Å². The van der Waals surface area contributed by atoms with Crippen LogP contribution in [0.3, 0.4) is 0 Å². The number of ether oxygens (including phenoxy) is 2. The van der Waals surface area contributed by atoms with Gasteiger partial charge in [0.15, 0.2) is 18.1 Å². The monoisotopic (exact) mass is 346 g/mol. The molecule has 1 heterocycles. The minimum atomic E-state index is -0.135. The number of amides is 1. The first-order valence-electron chi connectivity index (χ1n) is 6.64. The average molecular weight is 346 g/mol. The molecule has 0 saturated carbocycles. The Bertz CT molecular complexity index is 723. The van der Waals surface area contributed by atoms with E-state index in [9.17, 15) is 4.79 Å². The predicted octanol–water partition coefficient (Wildman–Crippen LogP) is 2.98. The minimum absolute atomic E-state index is 0.0596. The maximum atomic E-state index is 12.3. The Morgan fingerprint density at radius 1 is 1.48 bits per heavy atom. The van der Waals surface area contributed by atoms with Crippen molar-refractivity contribution in [2.75, 3.05) is 20.3 Å². The highest BCUT2D eigenvalue weighted by Gasteiger charge is 2.30. The number of thioether (sulfide) groups is 1. The first-order valence-corrected chi connectivity index (χ1v) is 7.87. The first-order chi connectivity index (χ1) is 11.1. The molecule has 0 radical (unpaired) electrons. The van der Waals surface area contributed by atoms with E-state index in [4.69, 9.17) is 27.0 Å². The summed E-state index contributed by atoms with van der Waals surface area (Å²) in [7, 11) is 1.52. The molecule has 1 aromatic carbocycles. The normalized spacial score (nSPS) is 15.7. The minimum Gasteiger partial charge on any atom is -0.493 e. The number of benzene rings is 1. The lowest BCUT2D eigenvalue weighted by atomic mass is 10.2. The number of rotatable bonds is 6. The molecular formula is C16H14N2O3S2. The molecule has 0 aromatic heterocycles. The van der Waals surface area contributed by atoms with Crippen molar-refractivity contribution in [3.05, 3.63) is 41.3 Å². The van der Waals surface area contributed by atoms with Crippen LogP contribution in [0.25, 0.3) is 6.08 Å². The second-order valence-corrected chi connectivity index (χ2v) is 6.11. The van der Waals surface area contributed by atoms with Crippen molar-refractivity contribution in [1.29, 1.82) is 5.26 Å². The third-order valence-corrected chi connectivity index (χ3v) is 4.34. The van der Waals surface area contributed by atoms with Crippen LogP contribution in [0.4, 0.5) is 0 Å². The SMILES string of the molecule is C=CCN1C(=O)/C(=C/c2ccc(OCC#N)c(OC)c2)SC1=S. The molecule has 7 heteroatoms. The van der Waals surface area contributed by atoms with Gasteiger partial charge in [-0.15, -0.1) is 6.58 Å². The van der Waals surface area contributed by atoms with Crippen LogP contribution in [0, 0.1) is 11.3 Å². The van der Waals surface area contributed by atoms with Crippen LogP contribution in [0.5, 0.6) is 11.5 Å². The summed E-state index contributed by atoms with van der Waals surface area (Å²) in [6.07, 6.45) is 3.39. The molecule has 0 unspecified atom stereocenters. The fourth-order valence-electron chi connectivity index (χ4n) is 1.94. The fraction of sp³-hybridized carbons (Fsp3) is 0.188. The number of hydrogen-bond acceptors (Lipinski definition) is 6. The number of carbonyl (C=O) groups excluding carboxylic acids is 1. The third-order valence-electron chi connectivity index (χ3n) is 2.96. The topological polar surface area (TPSA) is 62.6 Å². The van der Waals surface area contributed by atoms with Crippen LogP contribution in [-0.2, 0) is 4.79 Å². The number of nitrogens with zero attached hydrogens (tertiary/aromatic N) is 2. The van der Waals surface area contributed by atoms with Crippen LogP contribution in [-0.4, -0.2) is 35.4 Å². The zero-order valence-corrected chi connectivity index (χ0v) is 14.1. The maximum absolute atomic E-state index is 12.3. The lowest BCUT2D eigenvalue weighted by molar-refractivity contribution is -0.121. The average Bonchev–Trinajstić information content (AvgIpc) is 2.81. The summed E-state index contributed by atoms with van der Waals surface area (Å²) < 4.78 is 11.0. The van der Waals surface area contributed by atoms with Gasteiger partial charge in [0.05, 0.1) is 12.0 Å². The summed E-state index contributed by atoms with van der Waals surface area (Å²) in [6, 6.07) is 7.13. The highest BCUT2D eigenvalue weighted by molar-refractivity contribution is 8.26. The first kappa shape index (κ1) is 17.1. The Morgan fingerprint density at radius 3 is 2.91 bits per heavy atom. The van der Waals surface area contributed by atoms with Crippen molar-refractivity contribution in [2.24, 2.45) is 0 Å². The van der Waals surface area contributed by atoms with Gasteiger partial charge >= 0.3 is 0 Å². The van der Waals surface area contributed by atoms with Crippen molar-refractivity contribution in [3.8, 4) is 17.6 Å². The second kappa shape index (κ2) is 7.81. The molecule has 2 rings (SSSR count). The number of hydrogen-bond donors (Lipinski definition) is 0. The summed E-state index contributed by atoms with van der Waals surface area (Å²) in [5, 5.41) is 8.57. The highest BCUT2D eigenvalue weighted by atomic mass is 32.2. The summed E-state index contributed by atoms with van der Waals surface area (Å²) >= 11 is 6.45. The summed E-state index contributed by atoms with van der Waals surface area (Å²) in [6.45, 7) is 3.96. The van der Waals surface area contributed by atoms with Crippen molar-refractivity contribution >= 4 is 40.3 Å². The van der Waals surface area contributed by atoms with Crippen molar-refractivity contribution in [2.45, 2.75) is 0 Å². The standard InChI is InChI=1S/C16H14N2O3S2/c1-3-7-18-15(19)14(23-16(18)22)10-11-4-5-12(21-8-6-17)13(9-11)20-2/h3-5,9-10H,1,7-8H2,2H3/b14-10-. The molecule has 0 aliphatic carbocycles. The molecule has 0 spiro atoms. The molecule has 23 heavy (non-hydrogen) atoms. The van der Waals surface area contributed by atoms with Crippen LogP contribution < -0.4 is 9.47 Å². The van der Waals surface area contributed by atoms with E-state index in [0.717, 1.165) is 5.56 Å². The molecule has 1 aliphatic heterocycles. The van der Waals surface area contributed by atoms with Crippen LogP contribution in [0.2, 0.25) is 0 Å². The third kappa shape index (κ3) is 3.92. The Morgan fingerprint density at radius 2 is 2.26 bits per heavy atom. The molecule has 0 bridgehead atoms. The number of nitriles is 1. The zero-order valence-electron chi connectivity index (χ0n) is 12.4. The summed E-state index contributed by atoms with van der Waals surface area (Å²) in [5.41, 5.74) is 0.783. The second-order valence-electron chi connectivity index (χ2n) is 4.44. The van der Waals surface area contributed by atoms with E-state index < -0.39 is 0 Å². The summed E-state index contributed by atoms with van der Waals surface area (Å²) in [4.78, 5) is 14.3. The largest absolute Gasteiger partial charge is 0.493 e. The molecule has 1 aliphatic rings. The van der Waals surface area contributed by atoms with E-state index in [1.54, 1.807) is 30.4 Å². The Balaban J connectivity index is 2.26. The molecular weight excluding hydrogens is 332 g/mol. The molecule has 1 aromatic rings. The van der Waals surface area contributed by atoms with Gasteiger partial charge in [0.1, 0.15) is 10.4 Å². The van der Waals surface area contributed by atoms with Gasteiger partial charge in [-0.1, -0.05) is 36.1 Å². The van der Waals surface area contributed by atoms with Crippen LogP contribution >= 0.6 is 24.0 Å². The van der Waals surface area contributed by atoms with Gasteiger partial charge in [0.2, 0.25) is 0 Å². The van der Waals surface area contributed by atoms with E-state index >= 15 is 0 Å². The van der Waals surface area contributed by atoms with E-state index in [1.165, 1.54) is 23.8 Å². The van der Waals surface area contributed by atoms with Gasteiger partial charge in [-0.25, -0.2) is 0 Å². The van der Waals surface area contributed by atoms with Gasteiger partial charge in [-0.05, 0) is 23.8 Å². The van der Waals surface area contributed by atoms with Crippen molar-refractivity contribution in [3.63, 3.8) is 0 Å². The van der Waals surface area contributed by atoms with E-state index in [2.05, 4.69) is 6.58 Å². The fourth-order valence-corrected chi connectivity index (χ4v) is 3.22. The molecule has 0 atom stereocenters. The van der Waals surface area contributed by atoms with Gasteiger partial charge in [0.25, 0.3) is 5.91 Å². The van der Waals surface area contributed by atoms with Gasteiger partial charge in [0, 0.05) is 6.54 Å². The predicted molar refractivity (Wildman–Crippen MR) is 94.2 cm³/mol. The summed E-state index contributed by atoms with van der Waals surface area (Å²) in [5.74, 6) is 0.838. The smallest absolute Gasteiger partial charge is 0.266 e. The number of carbonyl (C=O) groups is 1. The number of methoxy groups -OCH3 is 1. The van der Waals surface area contributed by atoms with E-state index in [-0.39, 0.29) is 12.5 Å². The lowest BCUT2D eigenvalue weighted by Crippen LogP contribution is -2.27. The van der Waals surface area contributed by atoms with Crippen LogP contribution in [0.1, 0.15) is 5.56 Å². The zero-order chi connectivity index (χ0) is 16.8. The van der Waals surface area contributed by atoms with E-state index in [0.29, 0.717) is 27.3 Å². The van der Waals surface area contributed by atoms with Gasteiger partial charge in [-0.2, -0.15) is 5.26 Å². The quantitative estimate of drug-likeness (QED) is 0.448.